The van der Waals surface area contributed by atoms with Crippen LogP contribution in [0.25, 0.3) is 0 Å². The number of carbonyl (C=O) groups is 1. The summed E-state index contributed by atoms with van der Waals surface area (Å²) >= 11 is 0. The number of aromatic hydroxyl groups is 1. The Balaban J connectivity index is 3.16. The fraction of sp³-hybridized carbons (Fsp3) is 0.500. The average Bonchev–Trinajstić information content (AvgIpc) is 2.37. The Labute approximate surface area is 123 Å². The maximum Gasteiger partial charge on any atom is 0.282 e. The van der Waals surface area contributed by atoms with Crippen molar-refractivity contribution in [2.45, 2.75) is 19.9 Å². The van der Waals surface area contributed by atoms with Crippen LogP contribution in [-0.4, -0.2) is 59.0 Å². The molecule has 0 spiro atoms. The fourth-order valence-electron chi connectivity index (χ4n) is 2.29. The SMILES string of the molecule is CCN(C(=O)c1cc(O)ccc1[N+](=O)[O-])C(C)CN(C)C. The molecule has 1 unspecified atom stereocenters. The third kappa shape index (κ3) is 4.16. The molecule has 0 aliphatic carbocycles. The van der Waals surface area contributed by atoms with Gasteiger partial charge in [0.05, 0.1) is 4.92 Å². The number of rotatable bonds is 6. The van der Waals surface area contributed by atoms with E-state index < -0.39 is 10.8 Å². The molecule has 1 aromatic carbocycles. The molecule has 0 aliphatic heterocycles. The molecule has 0 bridgehead atoms. The minimum atomic E-state index is -0.614. The van der Waals surface area contributed by atoms with E-state index in [1.54, 1.807) is 4.90 Å². The zero-order valence-corrected chi connectivity index (χ0v) is 12.7. The van der Waals surface area contributed by atoms with Crippen molar-refractivity contribution in [1.29, 1.82) is 0 Å². The van der Waals surface area contributed by atoms with Crippen molar-refractivity contribution in [2.24, 2.45) is 0 Å². The summed E-state index contributed by atoms with van der Waals surface area (Å²) in [6.45, 7) is 4.78. The number of nitrogens with zero attached hydrogens (tertiary/aromatic N) is 3. The number of carbonyl (C=O) groups excluding carboxylic acids is 1. The fourth-order valence-corrected chi connectivity index (χ4v) is 2.29. The van der Waals surface area contributed by atoms with Crippen LogP contribution >= 0.6 is 0 Å². The minimum absolute atomic E-state index is 0.0903. The highest BCUT2D eigenvalue weighted by molar-refractivity contribution is 5.98. The largest absolute Gasteiger partial charge is 0.508 e. The Bertz CT molecular complexity index is 531. The van der Waals surface area contributed by atoms with Crippen molar-refractivity contribution in [3.8, 4) is 5.75 Å². The van der Waals surface area contributed by atoms with Gasteiger partial charge in [-0.05, 0) is 40.1 Å². The van der Waals surface area contributed by atoms with E-state index in [9.17, 15) is 20.0 Å². The van der Waals surface area contributed by atoms with Crippen LogP contribution in [0.1, 0.15) is 24.2 Å². The second-order valence-electron chi connectivity index (χ2n) is 5.16. The first-order valence-corrected chi connectivity index (χ1v) is 6.71. The molecule has 0 radical (unpaired) electrons. The van der Waals surface area contributed by atoms with Gasteiger partial charge in [0, 0.05) is 25.2 Å². The molecule has 1 atom stereocenters. The standard InChI is InChI=1S/C14H21N3O4/c1-5-16(10(2)9-15(3)4)14(19)12-8-11(18)6-7-13(12)17(20)21/h6-8,10,18H,5,9H2,1-4H3. The number of amides is 1. The summed E-state index contributed by atoms with van der Waals surface area (Å²) in [7, 11) is 3.79. The molecule has 1 aromatic rings. The number of phenols is 1. The summed E-state index contributed by atoms with van der Waals surface area (Å²) in [5.74, 6) is -0.616. The van der Waals surface area contributed by atoms with Crippen molar-refractivity contribution < 1.29 is 14.8 Å². The molecule has 0 saturated heterocycles. The van der Waals surface area contributed by atoms with Crippen molar-refractivity contribution in [3.05, 3.63) is 33.9 Å². The summed E-state index contributed by atoms with van der Waals surface area (Å²) in [6.07, 6.45) is 0. The molecule has 0 saturated carbocycles. The highest BCUT2D eigenvalue weighted by Crippen LogP contribution is 2.25. The Kier molecular flexibility index (Phi) is 5.66. The monoisotopic (exact) mass is 295 g/mol. The van der Waals surface area contributed by atoms with E-state index in [2.05, 4.69) is 0 Å². The third-order valence-corrected chi connectivity index (χ3v) is 3.17. The van der Waals surface area contributed by atoms with E-state index in [1.165, 1.54) is 6.07 Å². The molecule has 0 aromatic heterocycles. The van der Waals surface area contributed by atoms with Crippen molar-refractivity contribution in [2.75, 3.05) is 27.2 Å². The van der Waals surface area contributed by atoms with Crippen LogP contribution in [-0.2, 0) is 0 Å². The number of nitro groups is 1. The smallest absolute Gasteiger partial charge is 0.282 e. The van der Waals surface area contributed by atoms with Gasteiger partial charge in [-0.25, -0.2) is 0 Å². The van der Waals surface area contributed by atoms with Gasteiger partial charge in [0.1, 0.15) is 11.3 Å². The van der Waals surface area contributed by atoms with Gasteiger partial charge in [0.15, 0.2) is 0 Å². The Morgan fingerprint density at radius 1 is 1.43 bits per heavy atom. The summed E-state index contributed by atoms with van der Waals surface area (Å²) in [5, 5.41) is 20.5. The Morgan fingerprint density at radius 3 is 2.52 bits per heavy atom. The van der Waals surface area contributed by atoms with Crippen molar-refractivity contribution in [3.63, 3.8) is 0 Å². The normalized spacial score (nSPS) is 12.2. The number of hydrogen-bond donors (Lipinski definition) is 1. The van der Waals surface area contributed by atoms with Gasteiger partial charge in [-0.2, -0.15) is 0 Å². The zero-order chi connectivity index (χ0) is 16.2. The zero-order valence-electron chi connectivity index (χ0n) is 12.7. The Hall–Kier alpha value is -2.15. The predicted octanol–water partition coefficient (Wildman–Crippen LogP) is 1.71. The van der Waals surface area contributed by atoms with E-state index >= 15 is 0 Å². The maximum atomic E-state index is 12.6. The maximum absolute atomic E-state index is 12.6. The van der Waals surface area contributed by atoms with Crippen LogP contribution in [0.2, 0.25) is 0 Å². The molecule has 7 nitrogen and oxygen atoms in total. The number of hydrogen-bond acceptors (Lipinski definition) is 5. The van der Waals surface area contributed by atoms with Crippen LogP contribution < -0.4 is 0 Å². The van der Waals surface area contributed by atoms with Gasteiger partial charge in [-0.1, -0.05) is 0 Å². The number of benzene rings is 1. The van der Waals surface area contributed by atoms with Crippen LogP contribution in [0.15, 0.2) is 18.2 Å². The number of likely N-dealkylation sites (N-methyl/N-ethyl adjacent to an activating group) is 2. The molecule has 1 amide bonds. The third-order valence-electron chi connectivity index (χ3n) is 3.17. The highest BCUT2D eigenvalue weighted by atomic mass is 16.6. The van der Waals surface area contributed by atoms with E-state index in [1.807, 2.05) is 32.8 Å². The molecule has 21 heavy (non-hydrogen) atoms. The predicted molar refractivity (Wildman–Crippen MR) is 79.5 cm³/mol. The first-order valence-electron chi connectivity index (χ1n) is 6.71. The molecule has 1 rings (SSSR count). The average molecular weight is 295 g/mol. The van der Waals surface area contributed by atoms with Gasteiger partial charge >= 0.3 is 0 Å². The molecule has 116 valence electrons. The first-order chi connectivity index (χ1) is 9.77. The van der Waals surface area contributed by atoms with E-state index in [0.717, 1.165) is 12.1 Å². The van der Waals surface area contributed by atoms with E-state index in [4.69, 9.17) is 0 Å². The molecule has 0 aliphatic rings. The van der Waals surface area contributed by atoms with Gasteiger partial charge in [0.2, 0.25) is 0 Å². The topological polar surface area (TPSA) is 86.9 Å². The summed E-state index contributed by atoms with van der Waals surface area (Å²) in [5.41, 5.74) is -0.388. The second-order valence-corrected chi connectivity index (χ2v) is 5.16. The molecule has 1 N–H and O–H groups in total. The molecule has 0 heterocycles. The quantitative estimate of drug-likeness (QED) is 0.637. The lowest BCUT2D eigenvalue weighted by molar-refractivity contribution is -0.385. The molecule has 0 fully saturated rings. The van der Waals surface area contributed by atoms with Crippen LogP contribution in [0.5, 0.6) is 5.75 Å². The lowest BCUT2D eigenvalue weighted by Gasteiger charge is -2.30. The van der Waals surface area contributed by atoms with Gasteiger partial charge < -0.3 is 14.9 Å². The highest BCUT2D eigenvalue weighted by Gasteiger charge is 2.27. The lowest BCUT2D eigenvalue weighted by atomic mass is 10.1. The van der Waals surface area contributed by atoms with E-state index in [-0.39, 0.29) is 23.0 Å². The first kappa shape index (κ1) is 16.9. The van der Waals surface area contributed by atoms with Crippen LogP contribution in [0, 0.1) is 10.1 Å². The number of nitro benzene ring substituents is 1. The summed E-state index contributed by atoms with van der Waals surface area (Å²) in [6, 6.07) is 3.40. The van der Waals surface area contributed by atoms with Crippen molar-refractivity contribution >= 4 is 11.6 Å². The summed E-state index contributed by atoms with van der Waals surface area (Å²) < 4.78 is 0. The van der Waals surface area contributed by atoms with Gasteiger partial charge in [-0.3, -0.25) is 14.9 Å². The van der Waals surface area contributed by atoms with Crippen molar-refractivity contribution in [1.82, 2.24) is 9.80 Å². The van der Waals surface area contributed by atoms with E-state index in [0.29, 0.717) is 13.1 Å². The van der Waals surface area contributed by atoms with Gasteiger partial charge in [-0.15, -0.1) is 0 Å². The number of phenolic OH excluding ortho intramolecular Hbond substituents is 1. The molecule has 7 heteroatoms. The summed E-state index contributed by atoms with van der Waals surface area (Å²) in [4.78, 5) is 26.5. The molecular weight excluding hydrogens is 274 g/mol. The van der Waals surface area contributed by atoms with Crippen LogP contribution in [0.3, 0.4) is 0 Å². The Morgan fingerprint density at radius 2 is 2.05 bits per heavy atom. The van der Waals surface area contributed by atoms with Crippen LogP contribution in [0.4, 0.5) is 5.69 Å². The van der Waals surface area contributed by atoms with Gasteiger partial charge in [0.25, 0.3) is 11.6 Å². The second kappa shape index (κ2) is 7.03. The minimum Gasteiger partial charge on any atom is -0.508 e. The lowest BCUT2D eigenvalue weighted by Crippen LogP contribution is -2.43. The molecular formula is C14H21N3O4.